The SMILES string of the molecule is COc1ccc(C(=C2C=Nc3ccccc32)c2c[nH]c3ccccc23)cc1. The smallest absolute Gasteiger partial charge is 0.118 e. The third-order valence-electron chi connectivity index (χ3n) is 5.03. The van der Waals surface area contributed by atoms with Crippen molar-refractivity contribution in [2.24, 2.45) is 4.99 Å². The summed E-state index contributed by atoms with van der Waals surface area (Å²) in [6, 6.07) is 24.9. The molecule has 0 radical (unpaired) electrons. The molecule has 130 valence electrons. The lowest BCUT2D eigenvalue weighted by molar-refractivity contribution is 0.415. The molecule has 3 aromatic carbocycles. The second kappa shape index (κ2) is 6.29. The summed E-state index contributed by atoms with van der Waals surface area (Å²) in [5.41, 5.74) is 7.92. The number of aromatic amines is 1. The summed E-state index contributed by atoms with van der Waals surface area (Å²) < 4.78 is 5.34. The lowest BCUT2D eigenvalue weighted by Crippen LogP contribution is -1.94. The van der Waals surface area contributed by atoms with Gasteiger partial charge in [-0.05, 0) is 29.8 Å². The van der Waals surface area contributed by atoms with Gasteiger partial charge in [-0.25, -0.2) is 0 Å². The van der Waals surface area contributed by atoms with E-state index in [9.17, 15) is 0 Å². The normalized spacial score (nSPS) is 14.4. The van der Waals surface area contributed by atoms with Crippen LogP contribution in [0.1, 0.15) is 16.7 Å². The van der Waals surface area contributed by atoms with Gasteiger partial charge in [-0.1, -0.05) is 48.5 Å². The second-order valence-electron chi connectivity index (χ2n) is 6.54. The zero-order valence-corrected chi connectivity index (χ0v) is 14.9. The molecular formula is C24H18N2O. The molecule has 0 aliphatic carbocycles. The van der Waals surface area contributed by atoms with Crippen LogP contribution in [0.2, 0.25) is 0 Å². The van der Waals surface area contributed by atoms with Gasteiger partial charge < -0.3 is 9.72 Å². The molecule has 2 heterocycles. The minimum atomic E-state index is 0.850. The van der Waals surface area contributed by atoms with Gasteiger partial charge in [0.05, 0.1) is 12.8 Å². The van der Waals surface area contributed by atoms with E-state index in [0.29, 0.717) is 0 Å². The second-order valence-corrected chi connectivity index (χ2v) is 6.54. The van der Waals surface area contributed by atoms with Crippen molar-refractivity contribution >= 4 is 34.0 Å². The van der Waals surface area contributed by atoms with Crippen LogP contribution in [0.5, 0.6) is 5.75 Å². The van der Waals surface area contributed by atoms with Gasteiger partial charge >= 0.3 is 0 Å². The van der Waals surface area contributed by atoms with Crippen LogP contribution in [0.15, 0.2) is 84.0 Å². The number of hydrogen-bond acceptors (Lipinski definition) is 2. The maximum atomic E-state index is 5.34. The van der Waals surface area contributed by atoms with Crippen LogP contribution in [-0.4, -0.2) is 18.3 Å². The van der Waals surface area contributed by atoms with E-state index >= 15 is 0 Å². The summed E-state index contributed by atoms with van der Waals surface area (Å²) in [7, 11) is 1.69. The lowest BCUT2D eigenvalue weighted by atomic mass is 9.90. The number of H-pyrrole nitrogens is 1. The summed E-state index contributed by atoms with van der Waals surface area (Å²) in [4.78, 5) is 8.04. The summed E-state index contributed by atoms with van der Waals surface area (Å²) in [6.45, 7) is 0. The monoisotopic (exact) mass is 350 g/mol. The molecule has 27 heavy (non-hydrogen) atoms. The van der Waals surface area contributed by atoms with Crippen LogP contribution < -0.4 is 4.74 Å². The third kappa shape index (κ3) is 2.56. The maximum absolute atomic E-state index is 5.34. The fourth-order valence-corrected chi connectivity index (χ4v) is 3.71. The van der Waals surface area contributed by atoms with Crippen molar-refractivity contribution in [2.75, 3.05) is 7.11 Å². The number of nitrogens with one attached hydrogen (secondary N) is 1. The Labute approximate surface area is 157 Å². The molecule has 0 bridgehead atoms. The summed E-state index contributed by atoms with van der Waals surface area (Å²) in [5.74, 6) is 0.850. The maximum Gasteiger partial charge on any atom is 0.118 e. The van der Waals surface area contributed by atoms with Gasteiger partial charge in [0.2, 0.25) is 0 Å². The van der Waals surface area contributed by atoms with Gasteiger partial charge in [0.15, 0.2) is 0 Å². The van der Waals surface area contributed by atoms with E-state index in [2.05, 4.69) is 70.8 Å². The molecule has 3 heteroatoms. The Bertz CT molecular complexity index is 1200. The van der Waals surface area contributed by atoms with Gasteiger partial charge in [0.25, 0.3) is 0 Å². The predicted molar refractivity (Wildman–Crippen MR) is 112 cm³/mol. The average molecular weight is 350 g/mol. The number of methoxy groups -OCH3 is 1. The third-order valence-corrected chi connectivity index (χ3v) is 5.03. The molecule has 0 saturated carbocycles. The molecule has 1 N–H and O–H groups in total. The van der Waals surface area contributed by atoms with Crippen molar-refractivity contribution in [1.29, 1.82) is 0 Å². The average Bonchev–Trinajstić information content (AvgIpc) is 3.34. The number of aliphatic imine (C=N–C) groups is 1. The molecule has 3 nitrogen and oxygen atoms in total. The number of rotatable bonds is 3. The Balaban J connectivity index is 1.81. The summed E-state index contributed by atoms with van der Waals surface area (Å²) >= 11 is 0. The minimum Gasteiger partial charge on any atom is -0.497 e. The van der Waals surface area contributed by atoms with Gasteiger partial charge in [-0.3, -0.25) is 4.99 Å². The van der Waals surface area contributed by atoms with Crippen LogP contribution >= 0.6 is 0 Å². The number of ether oxygens (including phenoxy) is 1. The van der Waals surface area contributed by atoms with E-state index in [1.807, 2.05) is 24.4 Å². The first kappa shape index (κ1) is 15.6. The van der Waals surface area contributed by atoms with Crippen LogP contribution in [0, 0.1) is 0 Å². The topological polar surface area (TPSA) is 37.4 Å². The Morgan fingerprint density at radius 2 is 1.67 bits per heavy atom. The number of benzene rings is 3. The zero-order chi connectivity index (χ0) is 18.2. The molecule has 1 aliphatic heterocycles. The lowest BCUT2D eigenvalue weighted by Gasteiger charge is -2.12. The van der Waals surface area contributed by atoms with Crippen molar-refractivity contribution in [3.63, 3.8) is 0 Å². The first-order valence-corrected chi connectivity index (χ1v) is 8.94. The largest absolute Gasteiger partial charge is 0.497 e. The number of allylic oxidation sites excluding steroid dienone is 1. The summed E-state index contributed by atoms with van der Waals surface area (Å²) in [5, 5.41) is 1.20. The van der Waals surface area contributed by atoms with Crippen molar-refractivity contribution in [3.05, 3.63) is 95.7 Å². The highest BCUT2D eigenvalue weighted by Crippen LogP contribution is 2.41. The molecule has 0 fully saturated rings. The van der Waals surface area contributed by atoms with Gasteiger partial charge in [0.1, 0.15) is 5.75 Å². The Morgan fingerprint density at radius 1 is 0.889 bits per heavy atom. The van der Waals surface area contributed by atoms with E-state index in [0.717, 1.165) is 33.7 Å². The number of aromatic nitrogens is 1. The molecule has 0 spiro atoms. The molecule has 1 aliphatic rings. The van der Waals surface area contributed by atoms with Crippen LogP contribution in [0.4, 0.5) is 5.69 Å². The molecule has 0 atom stereocenters. The highest BCUT2D eigenvalue weighted by atomic mass is 16.5. The Morgan fingerprint density at radius 3 is 2.52 bits per heavy atom. The molecular weight excluding hydrogens is 332 g/mol. The molecule has 0 amide bonds. The van der Waals surface area contributed by atoms with Crippen LogP contribution in [-0.2, 0) is 0 Å². The fraction of sp³-hybridized carbons (Fsp3) is 0.0417. The molecule has 0 unspecified atom stereocenters. The minimum absolute atomic E-state index is 0.850. The highest BCUT2D eigenvalue weighted by molar-refractivity contribution is 6.27. The van der Waals surface area contributed by atoms with Gasteiger partial charge in [-0.2, -0.15) is 0 Å². The Hall–Kier alpha value is -3.59. The zero-order valence-electron chi connectivity index (χ0n) is 14.9. The Kier molecular flexibility index (Phi) is 3.65. The van der Waals surface area contributed by atoms with E-state index in [1.54, 1.807) is 7.11 Å². The predicted octanol–water partition coefficient (Wildman–Crippen LogP) is 5.85. The van der Waals surface area contributed by atoms with E-state index in [4.69, 9.17) is 4.74 Å². The molecule has 1 aromatic heterocycles. The van der Waals surface area contributed by atoms with Crippen molar-refractivity contribution < 1.29 is 4.74 Å². The molecule has 5 rings (SSSR count). The van der Waals surface area contributed by atoms with Crippen LogP contribution in [0.25, 0.3) is 22.0 Å². The summed E-state index contributed by atoms with van der Waals surface area (Å²) in [6.07, 6.45) is 4.07. The van der Waals surface area contributed by atoms with E-state index < -0.39 is 0 Å². The van der Waals surface area contributed by atoms with Crippen molar-refractivity contribution in [2.45, 2.75) is 0 Å². The first-order valence-electron chi connectivity index (χ1n) is 8.94. The number of fused-ring (bicyclic) bond motifs is 2. The molecule has 0 saturated heterocycles. The van der Waals surface area contributed by atoms with Gasteiger partial charge in [-0.15, -0.1) is 0 Å². The standard InChI is InChI=1S/C24H18N2O/c1-27-17-12-10-16(11-13-17)24(20-14-25-22-8-4-2-6-18(20)22)21-15-26-23-9-5-3-7-19(21)23/h2-15,25H,1H3. The number of hydrogen-bond donors (Lipinski definition) is 1. The highest BCUT2D eigenvalue weighted by Gasteiger charge is 2.20. The first-order chi connectivity index (χ1) is 13.3. The molecule has 4 aromatic rings. The van der Waals surface area contributed by atoms with Gasteiger partial charge in [0, 0.05) is 45.6 Å². The van der Waals surface area contributed by atoms with E-state index in [-0.39, 0.29) is 0 Å². The van der Waals surface area contributed by atoms with Crippen molar-refractivity contribution in [1.82, 2.24) is 4.98 Å². The van der Waals surface area contributed by atoms with Crippen LogP contribution in [0.3, 0.4) is 0 Å². The number of para-hydroxylation sites is 2. The quantitative estimate of drug-likeness (QED) is 0.494. The van der Waals surface area contributed by atoms with E-state index in [1.165, 1.54) is 16.5 Å². The number of nitrogens with zero attached hydrogens (tertiary/aromatic N) is 1. The fourth-order valence-electron chi connectivity index (χ4n) is 3.71. The van der Waals surface area contributed by atoms with Crippen molar-refractivity contribution in [3.8, 4) is 5.75 Å².